The molecule has 0 bridgehead atoms. The Hall–Kier alpha value is -4.02. The topological polar surface area (TPSA) is 9.23 Å². The monoisotopic (exact) mass is 662 g/mol. The number of fused-ring (bicyclic) bond motifs is 2. The van der Waals surface area contributed by atoms with Crippen LogP contribution in [0.15, 0.2) is 146 Å². The molecule has 0 saturated carbocycles. The molecular formula is C45H44OP2. The van der Waals surface area contributed by atoms with Crippen LogP contribution in [-0.2, 0) is 17.3 Å². The number of hydrogen-bond acceptors (Lipinski definition) is 1. The minimum absolute atomic E-state index is 0.00814. The SMILES string of the molecule is CC(C)(C)c1cc2c(c(P(c3ccccc3)c3ccccc3)c1)Oc1c(cc(C(C)(C)C)cc1P(c1ccccc1)c1ccccc1)C2. The van der Waals surface area contributed by atoms with E-state index in [1.807, 2.05) is 0 Å². The molecule has 0 aliphatic carbocycles. The van der Waals surface area contributed by atoms with Gasteiger partial charge in [-0.3, -0.25) is 0 Å². The molecule has 1 aliphatic heterocycles. The molecule has 0 fully saturated rings. The standard InChI is InChI=1S/C45H44OP2/c1-44(2,3)34-28-32-27-33-29-35(45(4,5)6)31-41(48(38-23-15-9-16-24-38)39-25-17-10-18-26-39)43(33)46-42(32)40(30-34)47(36-19-11-7-12-20-36)37-21-13-8-14-22-37/h7-26,28-31H,27H2,1-6H3. The van der Waals surface area contributed by atoms with Crippen LogP contribution in [0.1, 0.15) is 63.8 Å². The fourth-order valence-electron chi connectivity index (χ4n) is 6.51. The molecule has 0 radical (unpaired) electrons. The summed E-state index contributed by atoms with van der Waals surface area (Å²) >= 11 is 0. The van der Waals surface area contributed by atoms with Crippen LogP contribution < -0.4 is 36.6 Å². The lowest BCUT2D eigenvalue weighted by Crippen LogP contribution is -2.29. The predicted octanol–water partition coefficient (Wildman–Crippen LogP) is 9.49. The van der Waals surface area contributed by atoms with Gasteiger partial charge in [0.2, 0.25) is 0 Å². The number of ether oxygens (including phenoxy) is 1. The van der Waals surface area contributed by atoms with Crippen molar-refractivity contribution < 1.29 is 4.74 Å². The van der Waals surface area contributed by atoms with Crippen LogP contribution in [-0.4, -0.2) is 0 Å². The maximum atomic E-state index is 7.46. The molecule has 0 atom stereocenters. The lowest BCUT2D eigenvalue weighted by Gasteiger charge is -2.34. The summed E-state index contributed by atoms with van der Waals surface area (Å²) in [7, 11) is -1.74. The highest BCUT2D eigenvalue weighted by Crippen LogP contribution is 2.48. The second-order valence-electron chi connectivity index (χ2n) is 14.8. The number of rotatable bonds is 6. The van der Waals surface area contributed by atoms with Gasteiger partial charge in [-0.05, 0) is 71.2 Å². The van der Waals surface area contributed by atoms with Crippen molar-refractivity contribution in [2.45, 2.75) is 58.8 Å². The zero-order chi connectivity index (χ0) is 33.5. The molecular weight excluding hydrogens is 618 g/mol. The van der Waals surface area contributed by atoms with Crippen LogP contribution in [0.4, 0.5) is 0 Å². The van der Waals surface area contributed by atoms with E-state index in [9.17, 15) is 0 Å². The molecule has 240 valence electrons. The van der Waals surface area contributed by atoms with Crippen molar-refractivity contribution in [1.29, 1.82) is 0 Å². The minimum Gasteiger partial charge on any atom is -0.455 e. The Kier molecular flexibility index (Phi) is 8.89. The molecule has 1 aliphatic rings. The van der Waals surface area contributed by atoms with E-state index in [-0.39, 0.29) is 10.8 Å². The Morgan fingerprint density at radius 2 is 0.708 bits per heavy atom. The van der Waals surface area contributed by atoms with E-state index < -0.39 is 15.8 Å². The molecule has 7 rings (SSSR count). The van der Waals surface area contributed by atoms with Crippen LogP contribution in [0, 0.1) is 0 Å². The van der Waals surface area contributed by atoms with E-state index >= 15 is 0 Å². The van der Waals surface area contributed by atoms with E-state index in [1.165, 1.54) is 54.1 Å². The molecule has 6 aromatic carbocycles. The summed E-state index contributed by atoms with van der Waals surface area (Å²) < 4.78 is 7.46. The first kappa shape index (κ1) is 32.5. The first-order valence-electron chi connectivity index (χ1n) is 16.9. The van der Waals surface area contributed by atoms with Crippen LogP contribution in [0.5, 0.6) is 11.5 Å². The minimum atomic E-state index is -0.870. The van der Waals surface area contributed by atoms with Crippen molar-refractivity contribution >= 4 is 47.7 Å². The zero-order valence-electron chi connectivity index (χ0n) is 28.9. The van der Waals surface area contributed by atoms with Gasteiger partial charge in [-0.2, -0.15) is 0 Å². The first-order chi connectivity index (χ1) is 23.1. The highest BCUT2D eigenvalue weighted by molar-refractivity contribution is 7.80. The van der Waals surface area contributed by atoms with E-state index in [4.69, 9.17) is 4.74 Å². The van der Waals surface area contributed by atoms with Gasteiger partial charge in [0, 0.05) is 28.2 Å². The quantitative estimate of drug-likeness (QED) is 0.161. The third-order valence-electron chi connectivity index (χ3n) is 9.15. The third-order valence-corrected chi connectivity index (χ3v) is 14.0. The van der Waals surface area contributed by atoms with E-state index in [1.54, 1.807) is 0 Å². The Morgan fingerprint density at radius 3 is 0.979 bits per heavy atom. The number of benzene rings is 6. The van der Waals surface area contributed by atoms with Crippen LogP contribution >= 0.6 is 15.8 Å². The van der Waals surface area contributed by atoms with Gasteiger partial charge in [0.1, 0.15) is 11.5 Å². The average Bonchev–Trinajstić information content (AvgIpc) is 3.08. The second-order valence-corrected chi connectivity index (χ2v) is 19.1. The summed E-state index contributed by atoms with van der Waals surface area (Å²) in [5, 5.41) is 7.93. The Bertz CT molecular complexity index is 1800. The van der Waals surface area contributed by atoms with Gasteiger partial charge in [-0.1, -0.05) is 175 Å². The van der Waals surface area contributed by atoms with Crippen LogP contribution in [0.3, 0.4) is 0 Å². The second kappa shape index (κ2) is 13.1. The van der Waals surface area contributed by atoms with Crippen molar-refractivity contribution in [3.05, 3.63) is 168 Å². The highest BCUT2D eigenvalue weighted by Gasteiger charge is 2.33. The summed E-state index contributed by atoms with van der Waals surface area (Å²) in [6.07, 6.45) is 0.845. The molecule has 0 amide bonds. The van der Waals surface area contributed by atoms with Crippen LogP contribution in [0.2, 0.25) is 0 Å². The molecule has 1 heterocycles. The Labute approximate surface area is 289 Å². The van der Waals surface area contributed by atoms with E-state index in [0.717, 1.165) is 17.9 Å². The normalized spacial score (nSPS) is 12.8. The smallest absolute Gasteiger partial charge is 0.139 e. The van der Waals surface area contributed by atoms with Gasteiger partial charge in [-0.25, -0.2) is 0 Å². The highest BCUT2D eigenvalue weighted by atomic mass is 31.1. The van der Waals surface area contributed by atoms with E-state index in [0.29, 0.717) is 0 Å². The van der Waals surface area contributed by atoms with Crippen molar-refractivity contribution in [2.24, 2.45) is 0 Å². The summed E-state index contributed by atoms with van der Waals surface area (Å²) in [5.74, 6) is 2.07. The Morgan fingerprint density at radius 1 is 0.417 bits per heavy atom. The summed E-state index contributed by atoms with van der Waals surface area (Å²) in [6.45, 7) is 14.0. The largest absolute Gasteiger partial charge is 0.455 e. The first-order valence-corrected chi connectivity index (χ1v) is 19.6. The maximum Gasteiger partial charge on any atom is 0.139 e. The van der Waals surface area contributed by atoms with Gasteiger partial charge in [0.25, 0.3) is 0 Å². The fourth-order valence-corrected chi connectivity index (χ4v) is 11.4. The molecule has 0 N–H and O–H groups in total. The van der Waals surface area contributed by atoms with Gasteiger partial charge < -0.3 is 4.74 Å². The van der Waals surface area contributed by atoms with Crippen molar-refractivity contribution in [3.8, 4) is 11.5 Å². The average molecular weight is 663 g/mol. The van der Waals surface area contributed by atoms with Gasteiger partial charge in [0.05, 0.1) is 0 Å². The van der Waals surface area contributed by atoms with Gasteiger partial charge >= 0.3 is 0 Å². The molecule has 48 heavy (non-hydrogen) atoms. The molecule has 0 aromatic heterocycles. The zero-order valence-corrected chi connectivity index (χ0v) is 30.7. The van der Waals surface area contributed by atoms with E-state index in [2.05, 4.69) is 187 Å². The van der Waals surface area contributed by atoms with Crippen LogP contribution in [0.25, 0.3) is 0 Å². The molecule has 0 unspecified atom stereocenters. The molecule has 3 heteroatoms. The van der Waals surface area contributed by atoms with Gasteiger partial charge in [0.15, 0.2) is 0 Å². The summed E-state index contributed by atoms with van der Waals surface area (Å²) in [5.41, 5.74) is 5.25. The lowest BCUT2D eigenvalue weighted by atomic mass is 9.83. The summed E-state index contributed by atoms with van der Waals surface area (Å²) in [6, 6.07) is 53.9. The molecule has 0 spiro atoms. The van der Waals surface area contributed by atoms with Crippen molar-refractivity contribution in [1.82, 2.24) is 0 Å². The fraction of sp³-hybridized carbons (Fsp3) is 0.200. The predicted molar refractivity (Wildman–Crippen MR) is 211 cm³/mol. The summed E-state index contributed by atoms with van der Waals surface area (Å²) in [4.78, 5) is 0. The number of hydrogen-bond donors (Lipinski definition) is 0. The van der Waals surface area contributed by atoms with Crippen molar-refractivity contribution in [3.63, 3.8) is 0 Å². The molecule has 1 nitrogen and oxygen atoms in total. The molecule has 0 saturated heterocycles. The van der Waals surface area contributed by atoms with Crippen molar-refractivity contribution in [2.75, 3.05) is 0 Å². The molecule has 6 aromatic rings. The van der Waals surface area contributed by atoms with Gasteiger partial charge in [-0.15, -0.1) is 0 Å². The Balaban J connectivity index is 1.50. The lowest BCUT2D eigenvalue weighted by molar-refractivity contribution is 0.465. The third kappa shape index (κ3) is 6.52. The maximum absolute atomic E-state index is 7.46.